The van der Waals surface area contributed by atoms with E-state index in [2.05, 4.69) is 21.2 Å². The molecule has 2 aliphatic rings. The van der Waals surface area contributed by atoms with Crippen molar-refractivity contribution >= 4 is 68.1 Å². The number of amides is 3. The molecule has 1 fully saturated rings. The van der Waals surface area contributed by atoms with Crippen LogP contribution in [0.5, 0.6) is 11.5 Å². The number of rotatable bonds is 7. The molecule has 1 N–H and O–H groups in total. The molecule has 0 spiro atoms. The minimum atomic E-state index is -0.804. The SMILES string of the molecule is COc1ccc([C@@H]2c3sc(=O)n(CC(=O)Nc4ccc(C)cc4)c3SC3C(=O)N(c4ccc(Br)cc4)C(=O)C32)cc1OC. The zero-order chi connectivity index (χ0) is 30.4. The molecule has 3 amide bonds. The molecule has 3 heterocycles. The van der Waals surface area contributed by atoms with Crippen LogP contribution in [0.25, 0.3) is 0 Å². The van der Waals surface area contributed by atoms with Gasteiger partial charge in [0, 0.05) is 21.0 Å². The molecule has 2 aliphatic heterocycles. The molecular formula is C31H26BrN3O6S2. The molecule has 0 saturated carbocycles. The van der Waals surface area contributed by atoms with Gasteiger partial charge in [-0.3, -0.25) is 23.7 Å². The second-order valence-corrected chi connectivity index (χ2v) is 13.2. The summed E-state index contributed by atoms with van der Waals surface area (Å²) in [5.41, 5.74) is 2.84. The van der Waals surface area contributed by atoms with Gasteiger partial charge in [-0.2, -0.15) is 0 Å². The number of anilines is 2. The van der Waals surface area contributed by atoms with Gasteiger partial charge in [-0.05, 0) is 61.0 Å². The number of methoxy groups -OCH3 is 2. The van der Waals surface area contributed by atoms with Crippen molar-refractivity contribution in [1.82, 2.24) is 4.57 Å². The summed E-state index contributed by atoms with van der Waals surface area (Å²) in [5.74, 6) is -1.52. The van der Waals surface area contributed by atoms with Crippen molar-refractivity contribution in [3.8, 4) is 11.5 Å². The minimum Gasteiger partial charge on any atom is -0.493 e. The molecule has 6 rings (SSSR count). The predicted molar refractivity (Wildman–Crippen MR) is 170 cm³/mol. The molecular weight excluding hydrogens is 654 g/mol. The van der Waals surface area contributed by atoms with Crippen LogP contribution in [0.3, 0.4) is 0 Å². The number of imide groups is 1. The number of nitrogens with one attached hydrogen (secondary N) is 1. The van der Waals surface area contributed by atoms with Crippen LogP contribution in [-0.4, -0.2) is 41.8 Å². The zero-order valence-corrected chi connectivity index (χ0v) is 26.5. The summed E-state index contributed by atoms with van der Waals surface area (Å²) >= 11 is 5.57. The second kappa shape index (κ2) is 11.7. The number of carbonyl (C=O) groups excluding carboxylic acids is 3. The lowest BCUT2D eigenvalue weighted by Crippen LogP contribution is -2.33. The molecule has 220 valence electrons. The lowest BCUT2D eigenvalue weighted by atomic mass is 9.83. The molecule has 3 atom stereocenters. The number of hydrogen-bond acceptors (Lipinski definition) is 8. The number of thiazole rings is 1. The lowest BCUT2D eigenvalue weighted by Gasteiger charge is -2.31. The third kappa shape index (κ3) is 5.28. The number of nitrogens with zero attached hydrogens (tertiary/aromatic N) is 2. The van der Waals surface area contributed by atoms with Crippen LogP contribution in [-0.2, 0) is 20.9 Å². The molecule has 1 aromatic heterocycles. The molecule has 0 aliphatic carbocycles. The van der Waals surface area contributed by atoms with Gasteiger partial charge in [0.2, 0.25) is 17.7 Å². The normalized spacial score (nSPS) is 19.2. The Morgan fingerprint density at radius 2 is 1.63 bits per heavy atom. The average molecular weight is 681 g/mol. The summed E-state index contributed by atoms with van der Waals surface area (Å²) in [5, 5.41) is 2.55. The lowest BCUT2D eigenvalue weighted by molar-refractivity contribution is -0.122. The minimum absolute atomic E-state index is 0.236. The first-order chi connectivity index (χ1) is 20.7. The van der Waals surface area contributed by atoms with E-state index >= 15 is 0 Å². The maximum Gasteiger partial charge on any atom is 0.308 e. The van der Waals surface area contributed by atoms with E-state index in [1.54, 1.807) is 48.5 Å². The van der Waals surface area contributed by atoms with E-state index in [1.807, 2.05) is 25.1 Å². The summed E-state index contributed by atoms with van der Waals surface area (Å²) in [6.45, 7) is 1.72. The van der Waals surface area contributed by atoms with Crippen LogP contribution in [0.1, 0.15) is 21.9 Å². The van der Waals surface area contributed by atoms with Gasteiger partial charge in [-0.25, -0.2) is 4.90 Å². The first kappa shape index (κ1) is 29.2. The second-order valence-electron chi connectivity index (χ2n) is 10.2. The number of aryl methyl sites for hydroxylation is 1. The number of aromatic nitrogens is 1. The molecule has 1 saturated heterocycles. The van der Waals surface area contributed by atoms with Gasteiger partial charge in [-0.15, -0.1) is 0 Å². The predicted octanol–water partition coefficient (Wildman–Crippen LogP) is 5.43. The highest BCUT2D eigenvalue weighted by atomic mass is 79.9. The van der Waals surface area contributed by atoms with E-state index in [4.69, 9.17) is 9.47 Å². The summed E-state index contributed by atoms with van der Waals surface area (Å²) in [6, 6.07) is 19.7. The molecule has 3 aromatic carbocycles. The summed E-state index contributed by atoms with van der Waals surface area (Å²) in [6.07, 6.45) is 0. The third-order valence-corrected chi connectivity index (χ3v) is 10.7. The highest BCUT2D eigenvalue weighted by Crippen LogP contribution is 2.54. The van der Waals surface area contributed by atoms with Crippen molar-refractivity contribution in [2.45, 2.75) is 29.7 Å². The number of carbonyl (C=O) groups is 3. The molecule has 0 bridgehead atoms. The van der Waals surface area contributed by atoms with Gasteiger partial charge in [0.05, 0.1) is 30.9 Å². The Bertz CT molecular complexity index is 1800. The van der Waals surface area contributed by atoms with Crippen molar-refractivity contribution in [2.75, 3.05) is 24.4 Å². The van der Waals surface area contributed by atoms with Crippen molar-refractivity contribution < 1.29 is 23.9 Å². The molecule has 9 nitrogen and oxygen atoms in total. The van der Waals surface area contributed by atoms with Crippen LogP contribution >= 0.6 is 39.0 Å². The maximum atomic E-state index is 14.1. The topological polar surface area (TPSA) is 107 Å². The Kier molecular flexibility index (Phi) is 7.92. The van der Waals surface area contributed by atoms with Crippen LogP contribution in [0.4, 0.5) is 11.4 Å². The van der Waals surface area contributed by atoms with Crippen LogP contribution in [0.2, 0.25) is 0 Å². The van der Waals surface area contributed by atoms with Crippen molar-refractivity contribution in [2.24, 2.45) is 5.92 Å². The van der Waals surface area contributed by atoms with Crippen molar-refractivity contribution in [3.05, 3.63) is 96.9 Å². The Balaban J connectivity index is 1.43. The summed E-state index contributed by atoms with van der Waals surface area (Å²) in [7, 11) is 3.05. The van der Waals surface area contributed by atoms with Crippen LogP contribution < -0.4 is 24.6 Å². The number of thioether (sulfide) groups is 1. The Labute approximate surface area is 263 Å². The number of hydrogen-bond donors (Lipinski definition) is 1. The van der Waals surface area contributed by atoms with Crippen LogP contribution in [0, 0.1) is 12.8 Å². The highest BCUT2D eigenvalue weighted by Gasteiger charge is 2.57. The van der Waals surface area contributed by atoms with Crippen LogP contribution in [0.15, 0.2) is 81.0 Å². The van der Waals surface area contributed by atoms with E-state index in [9.17, 15) is 19.2 Å². The van der Waals surface area contributed by atoms with E-state index in [-0.39, 0.29) is 29.1 Å². The zero-order valence-electron chi connectivity index (χ0n) is 23.3. The Hall–Kier alpha value is -3.87. The van der Waals surface area contributed by atoms with Gasteiger partial charge >= 0.3 is 4.87 Å². The van der Waals surface area contributed by atoms with Gasteiger partial charge in [0.1, 0.15) is 11.8 Å². The number of benzene rings is 3. The van der Waals surface area contributed by atoms with Crippen molar-refractivity contribution in [1.29, 1.82) is 0 Å². The third-order valence-electron chi connectivity index (χ3n) is 7.54. The Morgan fingerprint density at radius 1 is 0.930 bits per heavy atom. The van der Waals surface area contributed by atoms with E-state index in [0.29, 0.717) is 38.3 Å². The number of ether oxygens (including phenoxy) is 2. The summed E-state index contributed by atoms with van der Waals surface area (Å²) < 4.78 is 13.2. The largest absolute Gasteiger partial charge is 0.493 e. The fraction of sp³-hybridized carbons (Fsp3) is 0.226. The first-order valence-corrected chi connectivity index (χ1v) is 15.8. The van der Waals surface area contributed by atoms with Gasteiger partial charge < -0.3 is 14.8 Å². The van der Waals surface area contributed by atoms with E-state index < -0.39 is 17.1 Å². The van der Waals surface area contributed by atoms with Gasteiger partial charge in [0.25, 0.3) is 0 Å². The molecule has 4 aromatic rings. The fourth-order valence-corrected chi connectivity index (χ4v) is 8.52. The molecule has 43 heavy (non-hydrogen) atoms. The maximum absolute atomic E-state index is 14.1. The Morgan fingerprint density at radius 3 is 2.30 bits per heavy atom. The number of halogens is 1. The van der Waals surface area contributed by atoms with E-state index in [0.717, 1.165) is 21.4 Å². The molecule has 2 unspecified atom stereocenters. The summed E-state index contributed by atoms with van der Waals surface area (Å²) in [4.78, 5) is 56.0. The molecule has 12 heteroatoms. The van der Waals surface area contributed by atoms with Crippen molar-refractivity contribution in [3.63, 3.8) is 0 Å². The monoisotopic (exact) mass is 679 g/mol. The van der Waals surface area contributed by atoms with Gasteiger partial charge in [-0.1, -0.05) is 62.8 Å². The number of fused-ring (bicyclic) bond motifs is 2. The first-order valence-electron chi connectivity index (χ1n) is 13.3. The van der Waals surface area contributed by atoms with Gasteiger partial charge in [0.15, 0.2) is 11.5 Å². The smallest absolute Gasteiger partial charge is 0.308 e. The van der Waals surface area contributed by atoms with E-state index in [1.165, 1.54) is 35.4 Å². The molecule has 0 radical (unpaired) electrons. The highest BCUT2D eigenvalue weighted by molar-refractivity contribution is 9.10. The quantitative estimate of drug-likeness (QED) is 0.260. The fourth-order valence-electron chi connectivity index (χ4n) is 5.49. The standard InChI is InChI=1S/C31H26BrN3O6S2/c1-16-4-9-19(10-5-16)33-23(36)15-34-30-27(43-31(34)39)24(17-6-13-21(40-2)22(14-17)41-3)25-26(42-30)29(38)35(28(25)37)20-11-7-18(32)8-12-20/h4-14,24-26H,15H2,1-3H3,(H,33,36)/t24-,25?,26?/m0/s1. The average Bonchev–Trinajstić information content (AvgIpc) is 3.44.